The number of amides is 1. The Morgan fingerprint density at radius 1 is 1.48 bits per heavy atom. The molecule has 21 heavy (non-hydrogen) atoms. The monoisotopic (exact) mass is 307 g/mol. The van der Waals surface area contributed by atoms with Crippen molar-refractivity contribution < 1.29 is 9.53 Å². The van der Waals surface area contributed by atoms with Crippen molar-refractivity contribution in [1.29, 1.82) is 0 Å². The Morgan fingerprint density at radius 2 is 2.33 bits per heavy atom. The van der Waals surface area contributed by atoms with Crippen LogP contribution in [0.5, 0.6) is 5.75 Å². The molecule has 1 amide bonds. The van der Waals surface area contributed by atoms with E-state index >= 15 is 0 Å². The Morgan fingerprint density at radius 3 is 3.00 bits per heavy atom. The molecule has 0 radical (unpaired) electrons. The summed E-state index contributed by atoms with van der Waals surface area (Å²) >= 11 is 6.07. The van der Waals surface area contributed by atoms with Gasteiger partial charge in [-0.25, -0.2) is 4.98 Å². The molecule has 0 bridgehead atoms. The Labute approximate surface area is 128 Å². The van der Waals surface area contributed by atoms with Crippen LogP contribution in [-0.4, -0.2) is 28.6 Å². The van der Waals surface area contributed by atoms with E-state index in [1.807, 2.05) is 17.7 Å². The van der Waals surface area contributed by atoms with E-state index in [1.54, 1.807) is 30.7 Å². The maximum Gasteiger partial charge on any atom is 0.251 e. The fourth-order valence-electron chi connectivity index (χ4n) is 1.90. The number of halogens is 1. The van der Waals surface area contributed by atoms with Gasteiger partial charge in [0.05, 0.1) is 18.0 Å². The highest BCUT2D eigenvalue weighted by Crippen LogP contribution is 2.25. The number of carbonyl (C=O) groups is 1. The number of benzene rings is 1. The van der Waals surface area contributed by atoms with E-state index in [0.717, 1.165) is 13.0 Å². The molecule has 0 saturated carbocycles. The van der Waals surface area contributed by atoms with Crippen LogP contribution < -0.4 is 10.1 Å². The number of aromatic nitrogens is 2. The van der Waals surface area contributed by atoms with Crippen LogP contribution >= 0.6 is 11.6 Å². The fourth-order valence-corrected chi connectivity index (χ4v) is 2.13. The number of ether oxygens (including phenoxy) is 1. The van der Waals surface area contributed by atoms with Crippen LogP contribution in [-0.2, 0) is 6.54 Å². The molecule has 5 nitrogen and oxygen atoms in total. The van der Waals surface area contributed by atoms with Crippen molar-refractivity contribution in [2.24, 2.45) is 0 Å². The van der Waals surface area contributed by atoms with Crippen LogP contribution in [0.2, 0.25) is 5.02 Å². The van der Waals surface area contributed by atoms with E-state index in [9.17, 15) is 4.79 Å². The summed E-state index contributed by atoms with van der Waals surface area (Å²) < 4.78 is 7.31. The second kappa shape index (κ2) is 7.69. The fraction of sp³-hybridized carbons (Fsp3) is 0.333. The molecule has 1 aromatic heterocycles. The minimum atomic E-state index is -0.134. The molecule has 0 unspecified atom stereocenters. The summed E-state index contributed by atoms with van der Waals surface area (Å²) in [5, 5.41) is 3.32. The molecule has 1 aromatic carbocycles. The van der Waals surface area contributed by atoms with Crippen molar-refractivity contribution in [1.82, 2.24) is 14.9 Å². The van der Waals surface area contributed by atoms with Gasteiger partial charge in [0.15, 0.2) is 0 Å². The maximum atomic E-state index is 12.0. The molecule has 1 heterocycles. The van der Waals surface area contributed by atoms with E-state index in [0.29, 0.717) is 29.5 Å². The summed E-state index contributed by atoms with van der Waals surface area (Å²) in [6.07, 6.45) is 6.23. The molecule has 112 valence electrons. The van der Waals surface area contributed by atoms with Gasteiger partial charge in [0.2, 0.25) is 0 Å². The molecule has 0 aliphatic carbocycles. The second-order valence-corrected chi connectivity index (χ2v) is 4.90. The lowest BCUT2D eigenvalue weighted by Gasteiger charge is -2.09. The number of nitrogens with zero attached hydrogens (tertiary/aromatic N) is 2. The zero-order valence-electron chi connectivity index (χ0n) is 11.9. The summed E-state index contributed by atoms with van der Waals surface area (Å²) in [5.41, 5.74) is 0.533. The number of hydrogen-bond donors (Lipinski definition) is 1. The lowest BCUT2D eigenvalue weighted by molar-refractivity contribution is 0.0952. The van der Waals surface area contributed by atoms with Crippen LogP contribution in [0.25, 0.3) is 0 Å². The average molecular weight is 308 g/mol. The van der Waals surface area contributed by atoms with Crippen LogP contribution in [0, 0.1) is 0 Å². The zero-order chi connectivity index (χ0) is 15.1. The second-order valence-electron chi connectivity index (χ2n) is 4.49. The quantitative estimate of drug-likeness (QED) is 0.800. The van der Waals surface area contributed by atoms with E-state index in [1.165, 1.54) is 0 Å². The normalized spacial score (nSPS) is 10.4. The van der Waals surface area contributed by atoms with Gasteiger partial charge >= 0.3 is 0 Å². The Balaban J connectivity index is 1.81. The van der Waals surface area contributed by atoms with Crippen LogP contribution in [0.15, 0.2) is 36.9 Å². The van der Waals surface area contributed by atoms with E-state index in [4.69, 9.17) is 16.3 Å². The summed E-state index contributed by atoms with van der Waals surface area (Å²) in [6.45, 7) is 3.85. The maximum absolute atomic E-state index is 12.0. The van der Waals surface area contributed by atoms with E-state index < -0.39 is 0 Å². The number of aryl methyl sites for hydroxylation is 1. The molecule has 0 saturated heterocycles. The Kier molecular flexibility index (Phi) is 5.63. The average Bonchev–Trinajstić information content (AvgIpc) is 2.99. The molecule has 2 rings (SSSR count). The van der Waals surface area contributed by atoms with Gasteiger partial charge in [0, 0.05) is 31.0 Å². The third kappa shape index (κ3) is 4.49. The summed E-state index contributed by atoms with van der Waals surface area (Å²) in [7, 11) is 0. The van der Waals surface area contributed by atoms with Crippen molar-refractivity contribution in [2.45, 2.75) is 19.9 Å². The number of carbonyl (C=O) groups excluding carboxylic acids is 1. The minimum Gasteiger partial charge on any atom is -0.492 e. The third-order valence-electron chi connectivity index (χ3n) is 2.93. The van der Waals surface area contributed by atoms with E-state index in [2.05, 4.69) is 10.3 Å². The van der Waals surface area contributed by atoms with Gasteiger partial charge in [0.1, 0.15) is 5.75 Å². The van der Waals surface area contributed by atoms with E-state index in [-0.39, 0.29) is 5.91 Å². The largest absolute Gasteiger partial charge is 0.492 e. The SMILES string of the molecule is CCOc1ccc(C(=O)NCCCn2ccnc2)cc1Cl. The summed E-state index contributed by atoms with van der Waals surface area (Å²) in [4.78, 5) is 16.0. The number of nitrogens with one attached hydrogen (secondary N) is 1. The van der Waals surface area contributed by atoms with Gasteiger partial charge in [0.25, 0.3) is 5.91 Å². The molecule has 0 aliphatic rings. The number of imidazole rings is 1. The lowest BCUT2D eigenvalue weighted by atomic mass is 10.2. The van der Waals surface area contributed by atoms with Gasteiger partial charge in [-0.3, -0.25) is 4.79 Å². The third-order valence-corrected chi connectivity index (χ3v) is 3.23. The van der Waals surface area contributed by atoms with Crippen molar-refractivity contribution in [3.8, 4) is 5.75 Å². The summed E-state index contributed by atoms with van der Waals surface area (Å²) in [6, 6.07) is 5.05. The Hall–Kier alpha value is -2.01. The standard InChI is InChI=1S/C15H18ClN3O2/c1-2-21-14-5-4-12(10-13(14)16)15(20)18-6-3-8-19-9-7-17-11-19/h4-5,7,9-11H,2-3,6,8H2,1H3,(H,18,20). The zero-order valence-corrected chi connectivity index (χ0v) is 12.6. The lowest BCUT2D eigenvalue weighted by Crippen LogP contribution is -2.25. The molecule has 0 fully saturated rings. The van der Waals surface area contributed by atoms with Gasteiger partial charge in [-0.1, -0.05) is 11.6 Å². The minimum absolute atomic E-state index is 0.134. The molecule has 0 aliphatic heterocycles. The predicted molar refractivity (Wildman–Crippen MR) is 81.8 cm³/mol. The van der Waals surface area contributed by atoms with Crippen molar-refractivity contribution in [3.05, 3.63) is 47.5 Å². The molecule has 0 spiro atoms. The molecular weight excluding hydrogens is 290 g/mol. The van der Waals surface area contributed by atoms with Crippen molar-refractivity contribution in [3.63, 3.8) is 0 Å². The first kappa shape index (κ1) is 15.4. The van der Waals surface area contributed by atoms with Crippen molar-refractivity contribution in [2.75, 3.05) is 13.2 Å². The van der Waals surface area contributed by atoms with Crippen LogP contribution in [0.4, 0.5) is 0 Å². The first-order valence-corrected chi connectivity index (χ1v) is 7.24. The first-order valence-electron chi connectivity index (χ1n) is 6.87. The van der Waals surface area contributed by atoms with Gasteiger partial charge < -0.3 is 14.6 Å². The number of rotatable bonds is 7. The van der Waals surface area contributed by atoms with Crippen LogP contribution in [0.1, 0.15) is 23.7 Å². The molecule has 1 N–H and O–H groups in total. The predicted octanol–water partition coefficient (Wildman–Crippen LogP) is 2.76. The first-order chi connectivity index (χ1) is 10.2. The highest BCUT2D eigenvalue weighted by molar-refractivity contribution is 6.32. The summed E-state index contributed by atoms with van der Waals surface area (Å²) in [5.74, 6) is 0.460. The van der Waals surface area contributed by atoms with Gasteiger partial charge in [-0.15, -0.1) is 0 Å². The molecule has 2 aromatic rings. The molecular formula is C15H18ClN3O2. The smallest absolute Gasteiger partial charge is 0.251 e. The molecule has 6 heteroatoms. The topological polar surface area (TPSA) is 56.1 Å². The number of hydrogen-bond acceptors (Lipinski definition) is 3. The van der Waals surface area contributed by atoms with Crippen LogP contribution in [0.3, 0.4) is 0 Å². The van der Waals surface area contributed by atoms with Gasteiger partial charge in [-0.05, 0) is 31.5 Å². The highest BCUT2D eigenvalue weighted by Gasteiger charge is 2.08. The highest BCUT2D eigenvalue weighted by atomic mass is 35.5. The van der Waals surface area contributed by atoms with Gasteiger partial charge in [-0.2, -0.15) is 0 Å². The van der Waals surface area contributed by atoms with Crippen molar-refractivity contribution >= 4 is 17.5 Å². The Bertz CT molecular complexity index is 585. The molecule has 0 atom stereocenters.